The fraction of sp³-hybridized carbons (Fsp3) is 0.385. The molecule has 4 rings (SSSR count). The number of carbonyl (C=O) groups excluding carboxylic acids is 2. The molecule has 1 amide bonds. The van der Waals surface area contributed by atoms with Crippen molar-refractivity contribution in [3.8, 4) is 5.75 Å². The Kier molecular flexibility index (Phi) is 7.77. The highest BCUT2D eigenvalue weighted by molar-refractivity contribution is 7.89. The Bertz CT molecular complexity index is 1270. The third-order valence-corrected chi connectivity index (χ3v) is 8.47. The van der Waals surface area contributed by atoms with Gasteiger partial charge in [-0.3, -0.25) is 9.59 Å². The zero-order chi connectivity index (χ0) is 25.9. The topological polar surface area (TPSA) is 124 Å². The van der Waals surface area contributed by atoms with Crippen LogP contribution >= 0.6 is 0 Å². The molecule has 2 aromatic carbocycles. The molecular formula is C26H30N2O7S. The maximum Gasteiger partial charge on any atom is 0.295 e. The van der Waals surface area contributed by atoms with Gasteiger partial charge in [-0.15, -0.1) is 0 Å². The first-order chi connectivity index (χ1) is 17.3. The number of benzene rings is 2. The minimum Gasteiger partial charge on any atom is -0.508 e. The van der Waals surface area contributed by atoms with Crippen molar-refractivity contribution >= 4 is 27.5 Å². The van der Waals surface area contributed by atoms with E-state index in [1.165, 1.54) is 52.7 Å². The van der Waals surface area contributed by atoms with Crippen LogP contribution in [0.5, 0.6) is 5.75 Å². The van der Waals surface area contributed by atoms with Crippen LogP contribution in [0.25, 0.3) is 5.76 Å². The summed E-state index contributed by atoms with van der Waals surface area (Å²) in [5, 5.41) is 21.2. The number of ether oxygens (including phenoxy) is 1. The standard InChI is InChI=1S/C26H30N2O7S/c1-35-16-6-15-28-23(19-7-5-8-20(29)17-19)22(25(31)26(28)32)24(30)18-9-11-21(12-10-18)36(33,34)27-13-3-2-4-14-27/h5,7-12,17,23,29-30H,2-4,6,13-16H2,1H3/b24-22+. The Morgan fingerprint density at radius 3 is 2.39 bits per heavy atom. The van der Waals surface area contributed by atoms with Crippen LogP contribution < -0.4 is 0 Å². The summed E-state index contributed by atoms with van der Waals surface area (Å²) in [6, 6.07) is 10.9. The maximum absolute atomic E-state index is 13.1. The number of carbonyl (C=O) groups is 2. The molecule has 1 unspecified atom stereocenters. The van der Waals surface area contributed by atoms with Gasteiger partial charge in [0.25, 0.3) is 11.7 Å². The van der Waals surface area contributed by atoms with Gasteiger partial charge < -0.3 is 19.8 Å². The number of rotatable bonds is 8. The van der Waals surface area contributed by atoms with Gasteiger partial charge in [0, 0.05) is 38.9 Å². The Morgan fingerprint density at radius 2 is 1.75 bits per heavy atom. The Morgan fingerprint density at radius 1 is 1.06 bits per heavy atom. The van der Waals surface area contributed by atoms with Crippen molar-refractivity contribution in [2.45, 2.75) is 36.6 Å². The van der Waals surface area contributed by atoms with Gasteiger partial charge in [0.2, 0.25) is 10.0 Å². The van der Waals surface area contributed by atoms with Gasteiger partial charge in [-0.1, -0.05) is 18.6 Å². The van der Waals surface area contributed by atoms with Crippen LogP contribution in [0.3, 0.4) is 0 Å². The summed E-state index contributed by atoms with van der Waals surface area (Å²) >= 11 is 0. The summed E-state index contributed by atoms with van der Waals surface area (Å²) in [4.78, 5) is 27.4. The minimum absolute atomic E-state index is 0.0396. The van der Waals surface area contributed by atoms with Crippen molar-refractivity contribution in [2.75, 3.05) is 33.4 Å². The molecule has 9 nitrogen and oxygen atoms in total. The third kappa shape index (κ3) is 5.02. The van der Waals surface area contributed by atoms with Crippen molar-refractivity contribution in [2.24, 2.45) is 0 Å². The fourth-order valence-corrected chi connectivity index (χ4v) is 6.24. The minimum atomic E-state index is -3.66. The van der Waals surface area contributed by atoms with Crippen LogP contribution in [0, 0.1) is 0 Å². The summed E-state index contributed by atoms with van der Waals surface area (Å²) < 4.78 is 32.5. The average Bonchev–Trinajstić information content (AvgIpc) is 3.14. The molecule has 2 aliphatic rings. The molecule has 2 saturated heterocycles. The Balaban J connectivity index is 1.72. The maximum atomic E-state index is 13.1. The normalized spacial score (nSPS) is 20.7. The first-order valence-corrected chi connectivity index (χ1v) is 13.4. The summed E-state index contributed by atoms with van der Waals surface area (Å²) in [7, 11) is -2.12. The lowest BCUT2D eigenvalue weighted by atomic mass is 9.95. The van der Waals surface area contributed by atoms with Gasteiger partial charge in [-0.25, -0.2) is 8.42 Å². The molecule has 36 heavy (non-hydrogen) atoms. The van der Waals surface area contributed by atoms with Gasteiger partial charge in [0.05, 0.1) is 16.5 Å². The lowest BCUT2D eigenvalue weighted by Crippen LogP contribution is -2.35. The van der Waals surface area contributed by atoms with E-state index in [9.17, 15) is 28.2 Å². The van der Waals surface area contributed by atoms with Crippen LogP contribution in [0.4, 0.5) is 0 Å². The predicted octanol–water partition coefficient (Wildman–Crippen LogP) is 3.03. The van der Waals surface area contributed by atoms with Crippen LogP contribution in [-0.2, 0) is 24.3 Å². The molecule has 0 bridgehead atoms. The largest absolute Gasteiger partial charge is 0.508 e. The number of aliphatic hydroxyl groups excluding tert-OH is 1. The number of sulfonamides is 1. The number of methoxy groups -OCH3 is 1. The van der Waals surface area contributed by atoms with E-state index in [-0.39, 0.29) is 28.3 Å². The number of likely N-dealkylation sites (tertiary alicyclic amines) is 1. The molecule has 0 saturated carbocycles. The van der Waals surface area contributed by atoms with Gasteiger partial charge in [0.15, 0.2) is 0 Å². The first kappa shape index (κ1) is 25.9. The molecule has 192 valence electrons. The zero-order valence-corrected chi connectivity index (χ0v) is 20.9. The van der Waals surface area contributed by atoms with E-state index in [4.69, 9.17) is 4.74 Å². The number of aromatic hydroxyl groups is 1. The van der Waals surface area contributed by atoms with E-state index in [0.717, 1.165) is 19.3 Å². The van der Waals surface area contributed by atoms with E-state index in [0.29, 0.717) is 31.7 Å². The lowest BCUT2D eigenvalue weighted by molar-refractivity contribution is -0.140. The predicted molar refractivity (Wildman–Crippen MR) is 133 cm³/mol. The fourth-order valence-electron chi connectivity index (χ4n) is 4.73. The molecular weight excluding hydrogens is 484 g/mol. The molecule has 0 aliphatic carbocycles. The van der Waals surface area contributed by atoms with Crippen molar-refractivity contribution in [3.05, 3.63) is 65.2 Å². The number of ketones is 1. The average molecular weight is 515 g/mol. The summed E-state index contributed by atoms with van der Waals surface area (Å²) in [5.74, 6) is -2.05. The van der Waals surface area contributed by atoms with Crippen LogP contribution in [-0.4, -0.2) is 72.9 Å². The Labute approximate surface area is 210 Å². The molecule has 2 fully saturated rings. The zero-order valence-electron chi connectivity index (χ0n) is 20.1. The van der Waals surface area contributed by atoms with E-state index in [1.807, 2.05) is 0 Å². The SMILES string of the molecule is COCCCN1C(=O)C(=O)/C(=C(/O)c2ccc(S(=O)(=O)N3CCCCC3)cc2)C1c1cccc(O)c1. The molecule has 2 aromatic rings. The van der Waals surface area contributed by atoms with E-state index in [1.54, 1.807) is 12.1 Å². The number of hydrogen-bond acceptors (Lipinski definition) is 7. The second-order valence-electron chi connectivity index (χ2n) is 8.92. The molecule has 0 aromatic heterocycles. The molecule has 2 heterocycles. The summed E-state index contributed by atoms with van der Waals surface area (Å²) in [6.45, 7) is 1.53. The molecule has 2 aliphatic heterocycles. The van der Waals surface area contributed by atoms with Crippen LogP contribution in [0.15, 0.2) is 59.0 Å². The van der Waals surface area contributed by atoms with Crippen molar-refractivity contribution < 1.29 is 33.0 Å². The summed E-state index contributed by atoms with van der Waals surface area (Å²) in [6.07, 6.45) is 3.11. The van der Waals surface area contributed by atoms with E-state index in [2.05, 4.69) is 0 Å². The second kappa shape index (κ2) is 10.8. The van der Waals surface area contributed by atoms with Crippen LogP contribution in [0.2, 0.25) is 0 Å². The second-order valence-corrected chi connectivity index (χ2v) is 10.9. The highest BCUT2D eigenvalue weighted by Gasteiger charge is 2.46. The summed E-state index contributed by atoms with van der Waals surface area (Å²) in [5.41, 5.74) is 0.569. The quantitative estimate of drug-likeness (QED) is 0.240. The number of hydrogen-bond donors (Lipinski definition) is 2. The van der Waals surface area contributed by atoms with Crippen molar-refractivity contribution in [1.82, 2.24) is 9.21 Å². The number of phenolic OH excluding ortho intramolecular Hbond substituents is 1. The Hall–Kier alpha value is -3.21. The highest BCUT2D eigenvalue weighted by Crippen LogP contribution is 2.40. The molecule has 0 spiro atoms. The smallest absolute Gasteiger partial charge is 0.295 e. The molecule has 0 radical (unpaired) electrons. The molecule has 10 heteroatoms. The number of amides is 1. The molecule has 2 N–H and O–H groups in total. The van der Waals surface area contributed by atoms with Gasteiger partial charge in [-0.2, -0.15) is 4.31 Å². The molecule has 1 atom stereocenters. The van der Waals surface area contributed by atoms with Gasteiger partial charge in [0.1, 0.15) is 11.5 Å². The number of nitrogens with zero attached hydrogens (tertiary/aromatic N) is 2. The van der Waals surface area contributed by atoms with Crippen molar-refractivity contribution in [3.63, 3.8) is 0 Å². The van der Waals surface area contributed by atoms with Crippen LogP contribution in [0.1, 0.15) is 42.9 Å². The van der Waals surface area contributed by atoms with Crippen molar-refractivity contribution in [1.29, 1.82) is 0 Å². The third-order valence-electron chi connectivity index (χ3n) is 6.55. The first-order valence-electron chi connectivity index (χ1n) is 11.9. The van der Waals surface area contributed by atoms with Gasteiger partial charge in [-0.05, 0) is 61.2 Å². The number of phenols is 1. The highest BCUT2D eigenvalue weighted by atomic mass is 32.2. The monoisotopic (exact) mass is 514 g/mol. The number of piperidine rings is 1. The van der Waals surface area contributed by atoms with E-state index < -0.39 is 33.5 Å². The van der Waals surface area contributed by atoms with E-state index >= 15 is 0 Å². The van der Waals surface area contributed by atoms with Gasteiger partial charge >= 0.3 is 0 Å². The number of aliphatic hydroxyl groups is 1. The lowest BCUT2D eigenvalue weighted by Gasteiger charge is -2.26. The number of Topliss-reactive ketones (excluding diaryl/α,β-unsaturated/α-hetero) is 1.